The van der Waals surface area contributed by atoms with Crippen molar-refractivity contribution in [3.05, 3.63) is 52.8 Å². The molecule has 0 aliphatic heterocycles. The molecule has 1 N–H and O–H groups in total. The number of phenols is 1. The van der Waals surface area contributed by atoms with E-state index < -0.39 is 5.82 Å². The van der Waals surface area contributed by atoms with Gasteiger partial charge < -0.3 is 9.84 Å². The molecule has 0 radical (unpaired) electrons. The number of aromatic hydroxyl groups is 1. The minimum Gasteiger partial charge on any atom is -0.504 e. The number of benzene rings is 2. The van der Waals surface area contributed by atoms with Gasteiger partial charge in [-0.05, 0) is 24.3 Å². The smallest absolute Gasteiger partial charge is 0.204 e. The van der Waals surface area contributed by atoms with Crippen LogP contribution in [-0.2, 0) is 0 Å². The Hall–Kier alpha value is -2.07. The topological polar surface area (TPSA) is 46.5 Å². The number of carbonyl (C=O) groups is 1. The molecular formula is C13H8ClFO3. The number of para-hydroxylation sites is 1. The van der Waals surface area contributed by atoms with E-state index in [0.29, 0.717) is 11.8 Å². The average molecular weight is 267 g/mol. The lowest BCUT2D eigenvalue weighted by molar-refractivity contribution is 0.112. The largest absolute Gasteiger partial charge is 0.504 e. The number of rotatable bonds is 3. The number of phenolic OH excluding ortho intramolecular Hbond substituents is 1. The van der Waals surface area contributed by atoms with Gasteiger partial charge in [0, 0.05) is 11.6 Å². The van der Waals surface area contributed by atoms with E-state index in [1.807, 2.05) is 0 Å². The summed E-state index contributed by atoms with van der Waals surface area (Å²) in [6.45, 7) is 0. The second kappa shape index (κ2) is 5.06. The van der Waals surface area contributed by atoms with E-state index in [9.17, 15) is 14.3 Å². The van der Waals surface area contributed by atoms with E-state index in [-0.39, 0.29) is 22.3 Å². The molecule has 2 aromatic rings. The fraction of sp³-hybridized carbons (Fsp3) is 0. The van der Waals surface area contributed by atoms with Crippen LogP contribution in [0.5, 0.6) is 17.2 Å². The number of carbonyl (C=O) groups excluding carboxylic acids is 1. The molecule has 18 heavy (non-hydrogen) atoms. The molecule has 0 aliphatic carbocycles. The van der Waals surface area contributed by atoms with E-state index in [4.69, 9.17) is 16.3 Å². The first-order valence-corrected chi connectivity index (χ1v) is 5.39. The molecule has 92 valence electrons. The normalized spacial score (nSPS) is 10.1. The Bertz CT molecular complexity index is 579. The summed E-state index contributed by atoms with van der Waals surface area (Å²) in [4.78, 5) is 10.6. The maximum atomic E-state index is 13.4. The minimum absolute atomic E-state index is 0.193. The molecule has 5 heteroatoms. The number of hydrogen-bond acceptors (Lipinski definition) is 3. The molecule has 0 amide bonds. The molecule has 2 aromatic carbocycles. The Balaban J connectivity index is 2.34. The summed E-state index contributed by atoms with van der Waals surface area (Å²) in [5.74, 6) is -1.06. The highest BCUT2D eigenvalue weighted by Crippen LogP contribution is 2.34. The summed E-state index contributed by atoms with van der Waals surface area (Å²) in [5, 5.41) is 9.66. The average Bonchev–Trinajstić information content (AvgIpc) is 2.34. The zero-order valence-corrected chi connectivity index (χ0v) is 9.82. The number of ether oxygens (including phenoxy) is 1. The molecule has 0 aromatic heterocycles. The molecule has 0 saturated carbocycles. The van der Waals surface area contributed by atoms with E-state index in [2.05, 4.69) is 0 Å². The van der Waals surface area contributed by atoms with Crippen LogP contribution in [0.15, 0.2) is 36.4 Å². The summed E-state index contributed by atoms with van der Waals surface area (Å²) in [6, 6.07) is 8.11. The van der Waals surface area contributed by atoms with E-state index in [1.54, 1.807) is 0 Å². The Kier molecular flexibility index (Phi) is 3.48. The first kappa shape index (κ1) is 12.4. The zero-order chi connectivity index (χ0) is 13.1. The molecule has 0 unspecified atom stereocenters. The molecule has 2 rings (SSSR count). The van der Waals surface area contributed by atoms with Gasteiger partial charge in [-0.1, -0.05) is 17.7 Å². The van der Waals surface area contributed by atoms with Crippen molar-refractivity contribution in [2.75, 3.05) is 0 Å². The molecule has 0 spiro atoms. The van der Waals surface area contributed by atoms with Crippen LogP contribution in [-0.4, -0.2) is 11.4 Å². The highest BCUT2D eigenvalue weighted by Gasteiger charge is 2.11. The molecular weight excluding hydrogens is 259 g/mol. The van der Waals surface area contributed by atoms with Gasteiger partial charge in [-0.3, -0.25) is 4.79 Å². The van der Waals surface area contributed by atoms with Crippen LogP contribution in [0.2, 0.25) is 5.02 Å². The Morgan fingerprint density at radius 2 is 2.06 bits per heavy atom. The summed E-state index contributed by atoms with van der Waals surface area (Å²) >= 11 is 5.81. The number of halogens is 2. The Morgan fingerprint density at radius 1 is 1.28 bits per heavy atom. The van der Waals surface area contributed by atoms with E-state index in [0.717, 1.165) is 6.07 Å². The minimum atomic E-state index is -0.689. The van der Waals surface area contributed by atoms with Crippen LogP contribution in [0.25, 0.3) is 0 Å². The highest BCUT2D eigenvalue weighted by molar-refractivity contribution is 6.33. The van der Waals surface area contributed by atoms with Crippen LogP contribution in [0.1, 0.15) is 10.4 Å². The standard InChI is InChI=1S/C13H8ClFO3/c14-10-6-9(5-4-8(10)7-16)18-13-11(15)2-1-3-12(13)17/h1-7,17H. The third-order valence-corrected chi connectivity index (χ3v) is 2.59. The monoisotopic (exact) mass is 266 g/mol. The molecule has 0 bridgehead atoms. The van der Waals surface area contributed by atoms with Gasteiger partial charge in [-0.25, -0.2) is 4.39 Å². The fourth-order valence-corrected chi connectivity index (χ4v) is 1.60. The SMILES string of the molecule is O=Cc1ccc(Oc2c(O)cccc2F)cc1Cl. The van der Waals surface area contributed by atoms with Gasteiger partial charge in [0.05, 0.1) is 5.02 Å². The molecule has 0 saturated heterocycles. The van der Waals surface area contributed by atoms with Crippen LogP contribution < -0.4 is 4.74 Å². The van der Waals surface area contributed by atoms with Gasteiger partial charge in [-0.2, -0.15) is 0 Å². The van der Waals surface area contributed by atoms with Gasteiger partial charge >= 0.3 is 0 Å². The summed E-state index contributed by atoms with van der Waals surface area (Å²) in [6.07, 6.45) is 0.604. The van der Waals surface area contributed by atoms with Crippen molar-refractivity contribution in [3.8, 4) is 17.2 Å². The van der Waals surface area contributed by atoms with E-state index >= 15 is 0 Å². The van der Waals surface area contributed by atoms with E-state index in [1.165, 1.54) is 30.3 Å². The number of aldehydes is 1. The Labute approximate surface area is 107 Å². The van der Waals surface area contributed by atoms with Crippen molar-refractivity contribution >= 4 is 17.9 Å². The van der Waals surface area contributed by atoms with Crippen LogP contribution in [0.3, 0.4) is 0 Å². The third kappa shape index (κ3) is 2.43. The first-order valence-electron chi connectivity index (χ1n) is 5.02. The van der Waals surface area contributed by atoms with Gasteiger partial charge in [0.25, 0.3) is 0 Å². The van der Waals surface area contributed by atoms with Crippen LogP contribution in [0.4, 0.5) is 4.39 Å². The predicted octanol–water partition coefficient (Wildman–Crippen LogP) is 3.79. The van der Waals surface area contributed by atoms with Gasteiger partial charge in [-0.15, -0.1) is 0 Å². The highest BCUT2D eigenvalue weighted by atomic mass is 35.5. The second-order valence-electron chi connectivity index (χ2n) is 3.49. The van der Waals surface area contributed by atoms with Crippen LogP contribution in [0, 0.1) is 5.82 Å². The lowest BCUT2D eigenvalue weighted by Gasteiger charge is -2.09. The third-order valence-electron chi connectivity index (χ3n) is 2.26. The molecule has 0 fully saturated rings. The molecule has 0 heterocycles. The summed E-state index contributed by atoms with van der Waals surface area (Å²) < 4.78 is 18.6. The van der Waals surface area contributed by atoms with Crippen molar-refractivity contribution in [1.82, 2.24) is 0 Å². The van der Waals surface area contributed by atoms with Crippen molar-refractivity contribution < 1.29 is 19.0 Å². The quantitative estimate of drug-likeness (QED) is 0.860. The van der Waals surface area contributed by atoms with Gasteiger partial charge in [0.1, 0.15) is 5.75 Å². The second-order valence-corrected chi connectivity index (χ2v) is 3.90. The lowest BCUT2D eigenvalue weighted by Crippen LogP contribution is -1.90. The summed E-state index contributed by atoms with van der Waals surface area (Å²) in [5.41, 5.74) is 0.307. The maximum Gasteiger partial charge on any atom is 0.204 e. The fourth-order valence-electron chi connectivity index (χ4n) is 1.38. The zero-order valence-electron chi connectivity index (χ0n) is 9.06. The van der Waals surface area contributed by atoms with Crippen molar-refractivity contribution in [2.45, 2.75) is 0 Å². The van der Waals surface area contributed by atoms with Gasteiger partial charge in [0.15, 0.2) is 17.9 Å². The maximum absolute atomic E-state index is 13.4. The van der Waals surface area contributed by atoms with Gasteiger partial charge in [0.2, 0.25) is 5.75 Å². The lowest BCUT2D eigenvalue weighted by atomic mass is 10.2. The number of hydrogen-bond donors (Lipinski definition) is 1. The molecule has 0 atom stereocenters. The summed E-state index contributed by atoms with van der Waals surface area (Å²) in [7, 11) is 0. The molecule has 0 aliphatic rings. The predicted molar refractivity (Wildman–Crippen MR) is 65.0 cm³/mol. The van der Waals surface area contributed by atoms with Crippen LogP contribution >= 0.6 is 11.6 Å². The Morgan fingerprint density at radius 3 is 2.67 bits per heavy atom. The van der Waals surface area contributed by atoms with Crippen molar-refractivity contribution in [3.63, 3.8) is 0 Å². The van der Waals surface area contributed by atoms with Crippen molar-refractivity contribution in [1.29, 1.82) is 0 Å². The van der Waals surface area contributed by atoms with Crippen molar-refractivity contribution in [2.24, 2.45) is 0 Å². The first-order chi connectivity index (χ1) is 8.61. The molecule has 3 nitrogen and oxygen atoms in total.